The molecule has 0 N–H and O–H groups in total. The van der Waals surface area contributed by atoms with Gasteiger partial charge in [0.1, 0.15) is 17.3 Å². The van der Waals surface area contributed by atoms with Crippen molar-refractivity contribution in [2.75, 3.05) is 7.11 Å². The molecule has 0 amide bonds. The summed E-state index contributed by atoms with van der Waals surface area (Å²) in [5.74, 6) is 3.61. The molecule has 0 bridgehead atoms. The summed E-state index contributed by atoms with van der Waals surface area (Å²) in [5.41, 5.74) is 0.391. The molecule has 2 nitrogen and oxygen atoms in total. The fourth-order valence-corrected chi connectivity index (χ4v) is 2.48. The van der Waals surface area contributed by atoms with E-state index in [2.05, 4.69) is 26.8 Å². The summed E-state index contributed by atoms with van der Waals surface area (Å²) in [4.78, 5) is 0. The van der Waals surface area contributed by atoms with E-state index in [9.17, 15) is 0 Å². The summed E-state index contributed by atoms with van der Waals surface area (Å²) < 4.78 is 11.1. The summed E-state index contributed by atoms with van der Waals surface area (Å²) >= 11 is 0. The maximum atomic E-state index is 5.92. The van der Waals surface area contributed by atoms with Gasteiger partial charge in [-0.05, 0) is 54.5 Å². The zero-order chi connectivity index (χ0) is 13.9. The number of rotatable bonds is 3. The van der Waals surface area contributed by atoms with Gasteiger partial charge in [0.15, 0.2) is 0 Å². The Bertz CT molecular complexity index is 437. The summed E-state index contributed by atoms with van der Waals surface area (Å²) in [7, 11) is 1.67. The average Bonchev–Trinajstić information content (AvgIpc) is 2.39. The average molecular weight is 260 g/mol. The lowest BCUT2D eigenvalue weighted by molar-refractivity contribution is 0.206. The van der Waals surface area contributed by atoms with Gasteiger partial charge < -0.3 is 9.47 Å². The molecule has 1 aromatic rings. The molecule has 1 aromatic carbocycles. The Morgan fingerprint density at radius 2 is 1.68 bits per heavy atom. The van der Waals surface area contributed by atoms with E-state index in [0.717, 1.165) is 36.0 Å². The highest BCUT2D eigenvalue weighted by Gasteiger charge is 2.26. The second kappa shape index (κ2) is 5.68. The minimum atomic E-state index is 0.391. The standard InChI is InChI=1S/C17H24O2/c1-17(2,3)13-5-7-15(8-6-13)19-16-11-9-14(18-4)10-12-16/h7,9-13H,5-6,8H2,1-4H3. The van der Waals surface area contributed by atoms with E-state index < -0.39 is 0 Å². The maximum absolute atomic E-state index is 5.92. The molecule has 1 atom stereocenters. The SMILES string of the molecule is COc1ccc(OC2=CCC(C(C)(C)C)CC2)cc1. The number of hydrogen-bond donors (Lipinski definition) is 0. The van der Waals surface area contributed by atoms with Gasteiger partial charge in [-0.25, -0.2) is 0 Å². The van der Waals surface area contributed by atoms with Crippen molar-refractivity contribution in [2.24, 2.45) is 11.3 Å². The normalized spacial score (nSPS) is 19.8. The van der Waals surface area contributed by atoms with Crippen molar-refractivity contribution < 1.29 is 9.47 Å². The molecule has 0 spiro atoms. The van der Waals surface area contributed by atoms with Crippen molar-refractivity contribution in [3.05, 3.63) is 36.1 Å². The first kappa shape index (κ1) is 14.0. The number of benzene rings is 1. The predicted molar refractivity (Wildman–Crippen MR) is 78.5 cm³/mol. The highest BCUT2D eigenvalue weighted by molar-refractivity contribution is 5.32. The van der Waals surface area contributed by atoms with Crippen LogP contribution in [0.3, 0.4) is 0 Å². The van der Waals surface area contributed by atoms with E-state index in [1.165, 1.54) is 6.42 Å². The first-order valence-electron chi connectivity index (χ1n) is 7.00. The van der Waals surface area contributed by atoms with Crippen molar-refractivity contribution in [3.63, 3.8) is 0 Å². The molecule has 0 saturated carbocycles. The lowest BCUT2D eigenvalue weighted by Crippen LogP contribution is -2.22. The molecule has 2 heteroatoms. The second-order valence-electron chi connectivity index (χ2n) is 6.29. The third kappa shape index (κ3) is 3.76. The third-order valence-corrected chi connectivity index (χ3v) is 3.90. The van der Waals surface area contributed by atoms with Gasteiger partial charge in [-0.3, -0.25) is 0 Å². The molecule has 104 valence electrons. The molecule has 0 heterocycles. The zero-order valence-corrected chi connectivity index (χ0v) is 12.4. The van der Waals surface area contributed by atoms with Crippen LogP contribution in [0.5, 0.6) is 11.5 Å². The van der Waals surface area contributed by atoms with Crippen LogP contribution in [-0.4, -0.2) is 7.11 Å². The van der Waals surface area contributed by atoms with Crippen LogP contribution < -0.4 is 9.47 Å². The van der Waals surface area contributed by atoms with Crippen molar-refractivity contribution >= 4 is 0 Å². The van der Waals surface area contributed by atoms with Gasteiger partial charge in [0.25, 0.3) is 0 Å². The summed E-state index contributed by atoms with van der Waals surface area (Å²) in [5, 5.41) is 0. The molecule has 0 saturated heterocycles. The fourth-order valence-electron chi connectivity index (χ4n) is 2.48. The zero-order valence-electron chi connectivity index (χ0n) is 12.4. The minimum absolute atomic E-state index is 0.391. The van der Waals surface area contributed by atoms with Crippen LogP contribution in [-0.2, 0) is 0 Å². The van der Waals surface area contributed by atoms with Gasteiger partial charge in [-0.15, -0.1) is 0 Å². The quantitative estimate of drug-likeness (QED) is 0.777. The predicted octanol–water partition coefficient (Wildman–Crippen LogP) is 4.80. The molecule has 19 heavy (non-hydrogen) atoms. The number of methoxy groups -OCH3 is 1. The fraction of sp³-hybridized carbons (Fsp3) is 0.529. The third-order valence-electron chi connectivity index (χ3n) is 3.90. The molecule has 0 aliphatic heterocycles. The Morgan fingerprint density at radius 1 is 1.05 bits per heavy atom. The molecule has 0 fully saturated rings. The summed E-state index contributed by atoms with van der Waals surface area (Å²) in [6, 6.07) is 7.76. The van der Waals surface area contributed by atoms with E-state index in [1.54, 1.807) is 7.11 Å². The Labute approximate surface area is 116 Å². The van der Waals surface area contributed by atoms with Gasteiger partial charge in [-0.2, -0.15) is 0 Å². The van der Waals surface area contributed by atoms with E-state index in [-0.39, 0.29) is 0 Å². The Balaban J connectivity index is 1.95. The molecule has 1 unspecified atom stereocenters. The van der Waals surface area contributed by atoms with Gasteiger partial charge in [-0.1, -0.05) is 20.8 Å². The Hall–Kier alpha value is -1.44. The van der Waals surface area contributed by atoms with Gasteiger partial charge in [0.05, 0.1) is 7.11 Å². The number of ether oxygens (including phenoxy) is 2. The van der Waals surface area contributed by atoms with Gasteiger partial charge in [0.2, 0.25) is 0 Å². The van der Waals surface area contributed by atoms with Crippen molar-refractivity contribution in [1.29, 1.82) is 0 Å². The minimum Gasteiger partial charge on any atom is -0.497 e. The van der Waals surface area contributed by atoms with Crippen LogP contribution in [0.1, 0.15) is 40.0 Å². The molecule has 0 radical (unpaired) electrons. The molecule has 1 aliphatic rings. The van der Waals surface area contributed by atoms with Crippen LogP contribution in [0.4, 0.5) is 0 Å². The first-order chi connectivity index (χ1) is 8.99. The van der Waals surface area contributed by atoms with Crippen LogP contribution in [0.2, 0.25) is 0 Å². The molecule has 0 aromatic heterocycles. The molecule has 1 aliphatic carbocycles. The van der Waals surface area contributed by atoms with E-state index in [4.69, 9.17) is 9.47 Å². The smallest absolute Gasteiger partial charge is 0.127 e. The van der Waals surface area contributed by atoms with E-state index in [1.807, 2.05) is 24.3 Å². The summed E-state index contributed by atoms with van der Waals surface area (Å²) in [6.07, 6.45) is 5.62. The lowest BCUT2D eigenvalue weighted by atomic mass is 9.74. The summed E-state index contributed by atoms with van der Waals surface area (Å²) in [6.45, 7) is 6.96. The van der Waals surface area contributed by atoms with Crippen molar-refractivity contribution in [1.82, 2.24) is 0 Å². The Morgan fingerprint density at radius 3 is 2.16 bits per heavy atom. The van der Waals surface area contributed by atoms with Crippen LogP contribution in [0.15, 0.2) is 36.1 Å². The van der Waals surface area contributed by atoms with E-state index >= 15 is 0 Å². The monoisotopic (exact) mass is 260 g/mol. The van der Waals surface area contributed by atoms with Crippen molar-refractivity contribution in [3.8, 4) is 11.5 Å². The molecule has 2 rings (SSSR count). The van der Waals surface area contributed by atoms with Crippen LogP contribution in [0.25, 0.3) is 0 Å². The lowest BCUT2D eigenvalue weighted by Gasteiger charge is -2.33. The van der Waals surface area contributed by atoms with Crippen LogP contribution >= 0.6 is 0 Å². The van der Waals surface area contributed by atoms with Gasteiger partial charge >= 0.3 is 0 Å². The highest BCUT2D eigenvalue weighted by Crippen LogP contribution is 2.37. The topological polar surface area (TPSA) is 18.5 Å². The highest BCUT2D eigenvalue weighted by atomic mass is 16.5. The number of hydrogen-bond acceptors (Lipinski definition) is 2. The largest absolute Gasteiger partial charge is 0.497 e. The maximum Gasteiger partial charge on any atom is 0.127 e. The molecular weight excluding hydrogens is 236 g/mol. The van der Waals surface area contributed by atoms with Crippen LogP contribution in [0, 0.1) is 11.3 Å². The van der Waals surface area contributed by atoms with Crippen molar-refractivity contribution in [2.45, 2.75) is 40.0 Å². The van der Waals surface area contributed by atoms with Gasteiger partial charge in [0, 0.05) is 6.42 Å². The first-order valence-corrected chi connectivity index (χ1v) is 7.00. The van der Waals surface area contributed by atoms with E-state index in [0.29, 0.717) is 5.41 Å². The second-order valence-corrected chi connectivity index (χ2v) is 6.29. The number of allylic oxidation sites excluding steroid dienone is 2. The molecular formula is C17H24O2. The Kier molecular flexibility index (Phi) is 4.18.